The van der Waals surface area contributed by atoms with E-state index in [2.05, 4.69) is 10.4 Å². The van der Waals surface area contributed by atoms with Crippen LogP contribution in [0.3, 0.4) is 0 Å². The molecule has 1 unspecified atom stereocenters. The highest BCUT2D eigenvalue weighted by Gasteiger charge is 2.32. The summed E-state index contributed by atoms with van der Waals surface area (Å²) in [6.07, 6.45) is 0.572. The van der Waals surface area contributed by atoms with Crippen LogP contribution in [-0.4, -0.2) is 29.3 Å². The Morgan fingerprint density at radius 1 is 1.11 bits per heavy atom. The molecule has 27 heavy (non-hydrogen) atoms. The third kappa shape index (κ3) is 3.36. The molecule has 2 aromatic rings. The number of benzene rings is 2. The zero-order valence-corrected chi connectivity index (χ0v) is 15.1. The summed E-state index contributed by atoms with van der Waals surface area (Å²) in [6.45, 7) is 3.17. The van der Waals surface area contributed by atoms with E-state index in [1.807, 2.05) is 42.5 Å². The maximum Gasteiger partial charge on any atom is 0.240 e. The summed E-state index contributed by atoms with van der Waals surface area (Å²) in [5.41, 5.74) is 3.30. The maximum atomic E-state index is 12.2. The SMILES string of the molecule is CC(=O)Nc1cccc(C2=NN(C(C)=O)C(c3ccc4c(c3)OCO4)C2)c1. The van der Waals surface area contributed by atoms with Crippen molar-refractivity contribution >= 4 is 23.2 Å². The molecule has 0 saturated heterocycles. The van der Waals surface area contributed by atoms with Crippen LogP contribution in [-0.2, 0) is 9.59 Å². The van der Waals surface area contributed by atoms with Gasteiger partial charge in [-0.1, -0.05) is 18.2 Å². The normalized spacial score (nSPS) is 17.6. The van der Waals surface area contributed by atoms with Gasteiger partial charge in [-0.2, -0.15) is 5.10 Å². The molecule has 2 aliphatic heterocycles. The molecule has 7 nitrogen and oxygen atoms in total. The third-order valence-corrected chi connectivity index (χ3v) is 4.53. The molecule has 1 N–H and O–H groups in total. The fourth-order valence-electron chi connectivity index (χ4n) is 3.33. The van der Waals surface area contributed by atoms with Crippen LogP contribution in [0.2, 0.25) is 0 Å². The Morgan fingerprint density at radius 2 is 1.93 bits per heavy atom. The molecule has 2 amide bonds. The molecular formula is C20H19N3O4. The van der Waals surface area contributed by atoms with Gasteiger partial charge in [0.1, 0.15) is 0 Å². The van der Waals surface area contributed by atoms with Crippen molar-refractivity contribution in [3.8, 4) is 11.5 Å². The summed E-state index contributed by atoms with van der Waals surface area (Å²) in [4.78, 5) is 23.5. The molecule has 0 bridgehead atoms. The van der Waals surface area contributed by atoms with E-state index in [0.29, 0.717) is 23.6 Å². The molecule has 2 heterocycles. The first-order valence-corrected chi connectivity index (χ1v) is 8.66. The lowest BCUT2D eigenvalue weighted by Gasteiger charge is -2.20. The standard InChI is InChI=1S/C20H19N3O4/c1-12(24)21-16-5-3-4-14(8-16)17-10-18(23(22-17)13(2)25)15-6-7-19-20(9-15)27-11-26-19/h3-9,18H,10-11H2,1-2H3,(H,21,24). The van der Waals surface area contributed by atoms with Gasteiger partial charge in [0.05, 0.1) is 11.8 Å². The lowest BCUT2D eigenvalue weighted by molar-refractivity contribution is -0.130. The number of nitrogens with zero attached hydrogens (tertiary/aromatic N) is 2. The van der Waals surface area contributed by atoms with Crippen LogP contribution < -0.4 is 14.8 Å². The van der Waals surface area contributed by atoms with Gasteiger partial charge in [-0.25, -0.2) is 5.01 Å². The summed E-state index contributed by atoms with van der Waals surface area (Å²) >= 11 is 0. The van der Waals surface area contributed by atoms with Crippen molar-refractivity contribution in [2.45, 2.75) is 26.3 Å². The molecule has 0 spiro atoms. The minimum atomic E-state index is -0.212. The zero-order valence-electron chi connectivity index (χ0n) is 15.1. The van der Waals surface area contributed by atoms with Gasteiger partial charge in [0.25, 0.3) is 0 Å². The average molecular weight is 365 g/mol. The molecule has 4 rings (SSSR count). The van der Waals surface area contributed by atoms with Crippen molar-refractivity contribution in [3.63, 3.8) is 0 Å². The summed E-state index contributed by atoms with van der Waals surface area (Å²) < 4.78 is 10.8. The number of fused-ring (bicyclic) bond motifs is 1. The van der Waals surface area contributed by atoms with Crippen LogP contribution in [0.15, 0.2) is 47.6 Å². The van der Waals surface area contributed by atoms with Crippen LogP contribution in [0, 0.1) is 0 Å². The van der Waals surface area contributed by atoms with E-state index in [1.54, 1.807) is 0 Å². The smallest absolute Gasteiger partial charge is 0.240 e. The average Bonchev–Trinajstić information content (AvgIpc) is 3.28. The van der Waals surface area contributed by atoms with Crippen molar-refractivity contribution < 1.29 is 19.1 Å². The Labute approximate surface area is 156 Å². The van der Waals surface area contributed by atoms with E-state index in [9.17, 15) is 9.59 Å². The van der Waals surface area contributed by atoms with Crippen molar-refractivity contribution in [1.82, 2.24) is 5.01 Å². The number of anilines is 1. The summed E-state index contributed by atoms with van der Waals surface area (Å²) in [5.74, 6) is 1.11. The van der Waals surface area contributed by atoms with E-state index >= 15 is 0 Å². The number of rotatable bonds is 3. The first kappa shape index (κ1) is 17.1. The highest BCUT2D eigenvalue weighted by molar-refractivity contribution is 6.04. The lowest BCUT2D eigenvalue weighted by Crippen LogP contribution is -2.24. The van der Waals surface area contributed by atoms with Crippen LogP contribution in [0.25, 0.3) is 0 Å². The molecule has 2 aromatic carbocycles. The lowest BCUT2D eigenvalue weighted by atomic mass is 9.98. The summed E-state index contributed by atoms with van der Waals surface area (Å²) in [6, 6.07) is 12.9. The van der Waals surface area contributed by atoms with E-state index in [0.717, 1.165) is 16.8 Å². The van der Waals surface area contributed by atoms with Crippen molar-refractivity contribution in [3.05, 3.63) is 53.6 Å². The summed E-state index contributed by atoms with van der Waals surface area (Å²) in [5, 5.41) is 8.81. The van der Waals surface area contributed by atoms with Crippen LogP contribution >= 0.6 is 0 Å². The molecule has 7 heteroatoms. The van der Waals surface area contributed by atoms with Crippen molar-refractivity contribution in [1.29, 1.82) is 0 Å². The van der Waals surface area contributed by atoms with E-state index in [4.69, 9.17) is 9.47 Å². The fraction of sp³-hybridized carbons (Fsp3) is 0.250. The number of carbonyl (C=O) groups is 2. The predicted molar refractivity (Wildman–Crippen MR) is 99.7 cm³/mol. The van der Waals surface area contributed by atoms with Crippen molar-refractivity contribution in [2.24, 2.45) is 5.10 Å². The number of nitrogens with one attached hydrogen (secondary N) is 1. The quantitative estimate of drug-likeness (QED) is 0.906. The van der Waals surface area contributed by atoms with Gasteiger partial charge in [0.2, 0.25) is 18.6 Å². The van der Waals surface area contributed by atoms with Crippen LogP contribution in [0.5, 0.6) is 11.5 Å². The minimum absolute atomic E-state index is 0.134. The highest BCUT2D eigenvalue weighted by atomic mass is 16.7. The molecular weight excluding hydrogens is 346 g/mol. The Morgan fingerprint density at radius 3 is 2.70 bits per heavy atom. The number of hydrazone groups is 1. The highest BCUT2D eigenvalue weighted by Crippen LogP contribution is 2.39. The van der Waals surface area contributed by atoms with Gasteiger partial charge < -0.3 is 14.8 Å². The van der Waals surface area contributed by atoms with Crippen LogP contribution in [0.4, 0.5) is 5.69 Å². The van der Waals surface area contributed by atoms with Gasteiger partial charge in [-0.3, -0.25) is 9.59 Å². The number of ether oxygens (including phenoxy) is 2. The Hall–Kier alpha value is -3.35. The number of carbonyl (C=O) groups excluding carboxylic acids is 2. The van der Waals surface area contributed by atoms with E-state index < -0.39 is 0 Å². The number of amides is 2. The molecule has 138 valence electrons. The Kier molecular flexibility index (Phi) is 4.27. The first-order chi connectivity index (χ1) is 13.0. The molecule has 0 fully saturated rings. The molecule has 0 radical (unpaired) electrons. The number of hydrogen-bond acceptors (Lipinski definition) is 5. The molecule has 2 aliphatic rings. The second-order valence-corrected chi connectivity index (χ2v) is 6.50. The van der Waals surface area contributed by atoms with Gasteiger partial charge in [-0.05, 0) is 35.4 Å². The van der Waals surface area contributed by atoms with Crippen molar-refractivity contribution in [2.75, 3.05) is 12.1 Å². The molecule has 0 aromatic heterocycles. The maximum absolute atomic E-state index is 12.2. The van der Waals surface area contributed by atoms with Gasteiger partial charge in [0.15, 0.2) is 11.5 Å². The third-order valence-electron chi connectivity index (χ3n) is 4.53. The molecule has 0 aliphatic carbocycles. The van der Waals surface area contributed by atoms with Crippen LogP contribution in [0.1, 0.15) is 37.4 Å². The first-order valence-electron chi connectivity index (χ1n) is 8.66. The molecule has 1 atom stereocenters. The zero-order chi connectivity index (χ0) is 19.0. The molecule has 0 saturated carbocycles. The Bertz CT molecular complexity index is 954. The minimum Gasteiger partial charge on any atom is -0.454 e. The Balaban J connectivity index is 1.64. The second-order valence-electron chi connectivity index (χ2n) is 6.50. The second kappa shape index (κ2) is 6.75. The van der Waals surface area contributed by atoms with Gasteiger partial charge in [-0.15, -0.1) is 0 Å². The monoisotopic (exact) mass is 365 g/mol. The van der Waals surface area contributed by atoms with Gasteiger partial charge in [0, 0.05) is 26.0 Å². The summed E-state index contributed by atoms with van der Waals surface area (Å²) in [7, 11) is 0. The van der Waals surface area contributed by atoms with Gasteiger partial charge >= 0.3 is 0 Å². The predicted octanol–water partition coefficient (Wildman–Crippen LogP) is 3.07. The fourth-order valence-corrected chi connectivity index (χ4v) is 3.33. The number of hydrogen-bond donors (Lipinski definition) is 1. The topological polar surface area (TPSA) is 80.2 Å². The van der Waals surface area contributed by atoms with E-state index in [1.165, 1.54) is 18.9 Å². The van der Waals surface area contributed by atoms with E-state index in [-0.39, 0.29) is 24.6 Å². The largest absolute Gasteiger partial charge is 0.454 e.